The van der Waals surface area contributed by atoms with Crippen LogP contribution in [0.25, 0.3) is 0 Å². The molecule has 1 aliphatic carbocycles. The molecule has 136 valence electrons. The zero-order valence-electron chi connectivity index (χ0n) is 14.7. The molecule has 0 bridgehead atoms. The Hall–Kier alpha value is -2.16. The highest BCUT2D eigenvalue weighted by Gasteiger charge is 2.44. The highest BCUT2D eigenvalue weighted by molar-refractivity contribution is 6.35. The molecule has 0 radical (unpaired) electrons. The minimum absolute atomic E-state index is 0.0140. The Morgan fingerprint density at radius 2 is 2.04 bits per heavy atom. The number of nitrogens with two attached hydrogens (primary N) is 1. The van der Waals surface area contributed by atoms with Crippen LogP contribution < -0.4 is 10.5 Å². The van der Waals surface area contributed by atoms with Crippen LogP contribution in [0.5, 0.6) is 5.75 Å². The summed E-state index contributed by atoms with van der Waals surface area (Å²) in [5, 5.41) is 10.3. The van der Waals surface area contributed by atoms with E-state index in [0.717, 1.165) is 0 Å². The molecule has 0 fully saturated rings. The van der Waals surface area contributed by atoms with Crippen molar-refractivity contribution in [1.82, 2.24) is 0 Å². The Morgan fingerprint density at radius 3 is 2.65 bits per heavy atom. The van der Waals surface area contributed by atoms with E-state index in [1.807, 2.05) is 13.8 Å². The fourth-order valence-electron chi connectivity index (χ4n) is 3.61. The number of nitriles is 1. The fraction of sp³-hybridized carbons (Fsp3) is 0.368. The van der Waals surface area contributed by atoms with Crippen molar-refractivity contribution < 1.29 is 14.3 Å². The van der Waals surface area contributed by atoms with Gasteiger partial charge in [-0.1, -0.05) is 37.0 Å². The zero-order valence-corrected chi connectivity index (χ0v) is 16.2. The number of rotatable bonds is 2. The number of halogens is 2. The summed E-state index contributed by atoms with van der Waals surface area (Å²) in [6, 6.07) is 5.26. The van der Waals surface area contributed by atoms with Gasteiger partial charge in [-0.2, -0.15) is 5.26 Å². The lowest BCUT2D eigenvalue weighted by molar-refractivity contribution is -0.119. The molecule has 3 rings (SSSR count). The lowest BCUT2D eigenvalue weighted by Gasteiger charge is -2.37. The summed E-state index contributed by atoms with van der Waals surface area (Å²) in [6.45, 7) is 3.98. The van der Waals surface area contributed by atoms with Crippen LogP contribution in [-0.4, -0.2) is 12.9 Å². The van der Waals surface area contributed by atoms with Crippen molar-refractivity contribution in [1.29, 1.82) is 5.26 Å². The van der Waals surface area contributed by atoms with E-state index in [1.54, 1.807) is 12.1 Å². The Labute approximate surface area is 162 Å². The molecule has 26 heavy (non-hydrogen) atoms. The number of methoxy groups -OCH3 is 1. The summed E-state index contributed by atoms with van der Waals surface area (Å²) in [5.41, 5.74) is 6.85. The van der Waals surface area contributed by atoms with E-state index in [2.05, 4.69) is 6.07 Å². The summed E-state index contributed by atoms with van der Waals surface area (Å²) in [4.78, 5) is 12.9. The molecule has 0 amide bonds. The molecule has 1 atom stereocenters. The van der Waals surface area contributed by atoms with E-state index in [0.29, 0.717) is 45.5 Å². The highest BCUT2D eigenvalue weighted by Crippen LogP contribution is 2.50. The molecule has 1 unspecified atom stereocenters. The molecule has 2 N–H and O–H groups in total. The van der Waals surface area contributed by atoms with Crippen LogP contribution in [0.2, 0.25) is 10.0 Å². The molecule has 0 saturated heterocycles. The third-order valence-corrected chi connectivity index (χ3v) is 5.13. The lowest BCUT2D eigenvalue weighted by Crippen LogP contribution is -2.33. The van der Waals surface area contributed by atoms with Crippen LogP contribution in [-0.2, 0) is 9.53 Å². The smallest absolute Gasteiger partial charge is 0.205 e. The topological polar surface area (TPSA) is 85.3 Å². The molecule has 0 saturated carbocycles. The van der Waals surface area contributed by atoms with Crippen molar-refractivity contribution in [3.05, 3.63) is 50.5 Å². The maximum Gasteiger partial charge on any atom is 0.205 e. The van der Waals surface area contributed by atoms with Crippen molar-refractivity contribution in [3.8, 4) is 11.8 Å². The number of hydrogen-bond acceptors (Lipinski definition) is 5. The van der Waals surface area contributed by atoms with Gasteiger partial charge in [0.05, 0.1) is 18.1 Å². The molecule has 1 heterocycles. The number of nitrogens with zero attached hydrogens (tertiary/aromatic N) is 1. The number of Topliss-reactive ketones (excluding diaryl/α,β-unsaturated/α-hetero) is 1. The molecule has 7 heteroatoms. The van der Waals surface area contributed by atoms with Gasteiger partial charge in [-0.15, -0.1) is 0 Å². The molecule has 1 aromatic carbocycles. The number of carbonyl (C=O) groups is 1. The number of ketones is 1. The van der Waals surface area contributed by atoms with Crippen LogP contribution >= 0.6 is 23.2 Å². The van der Waals surface area contributed by atoms with Gasteiger partial charge in [0.1, 0.15) is 23.2 Å². The van der Waals surface area contributed by atoms with Crippen molar-refractivity contribution in [2.75, 3.05) is 7.11 Å². The van der Waals surface area contributed by atoms with Gasteiger partial charge >= 0.3 is 0 Å². The molecular formula is C19H18Cl2N2O3. The lowest BCUT2D eigenvalue weighted by atomic mass is 9.70. The van der Waals surface area contributed by atoms with E-state index in [1.165, 1.54) is 7.11 Å². The Bertz CT molecular complexity index is 910. The van der Waals surface area contributed by atoms with Gasteiger partial charge in [-0.25, -0.2) is 0 Å². The standard InChI is InChI=1S/C19H18Cl2N2O3/c1-19(2)6-13(24)16-14(7-19)26-18(23)11(8-22)15(16)10-4-9(20)5-12(21)17(10)25-3/h4-5,15H,6-7,23H2,1-3H3. The summed E-state index contributed by atoms with van der Waals surface area (Å²) >= 11 is 12.4. The first-order valence-electron chi connectivity index (χ1n) is 8.05. The molecule has 1 aliphatic heterocycles. The molecule has 1 aromatic rings. The fourth-order valence-corrected chi connectivity index (χ4v) is 4.19. The number of benzene rings is 1. The first kappa shape index (κ1) is 18.6. The second-order valence-electron chi connectivity index (χ2n) is 7.21. The maximum atomic E-state index is 12.9. The quantitative estimate of drug-likeness (QED) is 0.802. The average Bonchev–Trinajstić information content (AvgIpc) is 2.51. The number of allylic oxidation sites excluding steroid dienone is 3. The summed E-state index contributed by atoms with van der Waals surface area (Å²) in [5.74, 6) is 0.0250. The Morgan fingerprint density at radius 1 is 1.35 bits per heavy atom. The molecule has 0 spiro atoms. The van der Waals surface area contributed by atoms with Gasteiger partial charge in [0.25, 0.3) is 0 Å². The predicted octanol–water partition coefficient (Wildman–Crippen LogP) is 4.45. The minimum atomic E-state index is -0.724. The normalized spacial score (nSPS) is 21.8. The van der Waals surface area contributed by atoms with Gasteiger partial charge in [-0.3, -0.25) is 4.79 Å². The van der Waals surface area contributed by atoms with Crippen LogP contribution in [0.4, 0.5) is 0 Å². The number of ether oxygens (including phenoxy) is 2. The van der Waals surface area contributed by atoms with E-state index in [4.69, 9.17) is 38.4 Å². The third kappa shape index (κ3) is 3.04. The van der Waals surface area contributed by atoms with Crippen LogP contribution in [0.1, 0.15) is 38.2 Å². The number of hydrogen-bond donors (Lipinski definition) is 1. The average molecular weight is 393 g/mol. The van der Waals surface area contributed by atoms with E-state index in [9.17, 15) is 10.1 Å². The van der Waals surface area contributed by atoms with Gasteiger partial charge < -0.3 is 15.2 Å². The second-order valence-corrected chi connectivity index (χ2v) is 8.06. The van der Waals surface area contributed by atoms with Crippen molar-refractivity contribution in [3.63, 3.8) is 0 Å². The van der Waals surface area contributed by atoms with Gasteiger partial charge in [0.15, 0.2) is 5.78 Å². The van der Waals surface area contributed by atoms with E-state index < -0.39 is 5.92 Å². The first-order valence-corrected chi connectivity index (χ1v) is 8.81. The zero-order chi connectivity index (χ0) is 19.2. The minimum Gasteiger partial charge on any atom is -0.495 e. The van der Waals surface area contributed by atoms with Crippen LogP contribution in [0.15, 0.2) is 34.9 Å². The van der Waals surface area contributed by atoms with Gasteiger partial charge in [-0.05, 0) is 17.5 Å². The summed E-state index contributed by atoms with van der Waals surface area (Å²) in [7, 11) is 1.47. The van der Waals surface area contributed by atoms with Crippen molar-refractivity contribution >= 4 is 29.0 Å². The van der Waals surface area contributed by atoms with Crippen LogP contribution in [0, 0.1) is 16.7 Å². The molecule has 5 nitrogen and oxygen atoms in total. The van der Waals surface area contributed by atoms with Gasteiger partial charge in [0.2, 0.25) is 5.88 Å². The number of carbonyl (C=O) groups excluding carboxylic acids is 1. The SMILES string of the molecule is COc1c(Cl)cc(Cl)cc1C1C(C#N)=C(N)OC2=C1C(=O)CC(C)(C)C2. The van der Waals surface area contributed by atoms with Crippen molar-refractivity contribution in [2.24, 2.45) is 11.1 Å². The Kier molecular flexibility index (Phi) is 4.68. The molecular weight excluding hydrogens is 375 g/mol. The van der Waals surface area contributed by atoms with E-state index in [-0.39, 0.29) is 22.7 Å². The molecule has 2 aliphatic rings. The van der Waals surface area contributed by atoms with Gasteiger partial charge in [0, 0.05) is 29.0 Å². The largest absolute Gasteiger partial charge is 0.495 e. The van der Waals surface area contributed by atoms with Crippen molar-refractivity contribution in [2.45, 2.75) is 32.6 Å². The monoisotopic (exact) mass is 392 g/mol. The highest BCUT2D eigenvalue weighted by atomic mass is 35.5. The maximum absolute atomic E-state index is 12.9. The summed E-state index contributed by atoms with van der Waals surface area (Å²) in [6.07, 6.45) is 0.890. The molecule has 0 aromatic heterocycles. The first-order chi connectivity index (χ1) is 12.2. The third-order valence-electron chi connectivity index (χ3n) is 4.63. The predicted molar refractivity (Wildman–Crippen MR) is 98.7 cm³/mol. The van der Waals surface area contributed by atoms with Crippen LogP contribution in [0.3, 0.4) is 0 Å². The summed E-state index contributed by atoms with van der Waals surface area (Å²) < 4.78 is 11.1. The second kappa shape index (κ2) is 6.53. The Balaban J connectivity index is 2.29. The van der Waals surface area contributed by atoms with E-state index >= 15 is 0 Å².